The van der Waals surface area contributed by atoms with Crippen LogP contribution >= 0.6 is 11.3 Å². The Morgan fingerprint density at radius 1 is 1.21 bits per heavy atom. The van der Waals surface area contributed by atoms with Crippen LogP contribution in [-0.4, -0.2) is 15.5 Å². The summed E-state index contributed by atoms with van der Waals surface area (Å²) >= 11 is 1.50. The van der Waals surface area contributed by atoms with E-state index < -0.39 is 24.2 Å². The Balaban J connectivity index is 1.62. The van der Waals surface area contributed by atoms with Crippen molar-refractivity contribution in [3.05, 3.63) is 57.0 Å². The summed E-state index contributed by atoms with van der Waals surface area (Å²) in [6.07, 6.45) is 0.502. The second kappa shape index (κ2) is 7.05. The summed E-state index contributed by atoms with van der Waals surface area (Å²) in [6.45, 7) is -0.404. The van der Waals surface area contributed by atoms with E-state index in [2.05, 4.69) is 10.3 Å². The quantitative estimate of drug-likeness (QED) is 0.714. The van der Waals surface area contributed by atoms with Gasteiger partial charge in [0.1, 0.15) is 11.4 Å². The number of benzene rings is 1. The number of thiophene rings is 1. The highest BCUT2D eigenvalue weighted by Crippen LogP contribution is 2.35. The van der Waals surface area contributed by atoms with E-state index in [4.69, 9.17) is 0 Å². The molecular formula is C19H16F3N3O2S. The van der Waals surface area contributed by atoms with Crippen molar-refractivity contribution in [1.82, 2.24) is 9.55 Å². The van der Waals surface area contributed by atoms with Crippen LogP contribution in [0.4, 0.5) is 18.9 Å². The van der Waals surface area contributed by atoms with E-state index in [1.165, 1.54) is 35.9 Å². The predicted molar refractivity (Wildman–Crippen MR) is 101 cm³/mol. The highest BCUT2D eigenvalue weighted by atomic mass is 32.1. The van der Waals surface area contributed by atoms with Crippen molar-refractivity contribution in [2.45, 2.75) is 38.4 Å². The van der Waals surface area contributed by atoms with Gasteiger partial charge in [0.2, 0.25) is 5.91 Å². The molecule has 0 fully saturated rings. The first-order valence-corrected chi connectivity index (χ1v) is 9.62. The van der Waals surface area contributed by atoms with E-state index >= 15 is 0 Å². The smallest absolute Gasteiger partial charge is 0.324 e. The number of anilines is 1. The zero-order chi connectivity index (χ0) is 19.9. The van der Waals surface area contributed by atoms with Crippen molar-refractivity contribution in [1.29, 1.82) is 0 Å². The molecule has 1 aliphatic carbocycles. The number of alkyl halides is 3. The van der Waals surface area contributed by atoms with E-state index in [-0.39, 0.29) is 11.2 Å². The zero-order valence-electron chi connectivity index (χ0n) is 14.7. The standard InChI is InChI=1S/C19H16F3N3O2S/c20-19(21,22)12-6-2-3-7-13(12)24-15(26)9-25-10-23-17-16(18(25)27)11-5-1-4-8-14(11)28-17/h2-3,6-7,10H,1,4-5,8-9H2,(H,24,26). The van der Waals surface area contributed by atoms with Gasteiger partial charge in [-0.3, -0.25) is 14.2 Å². The Morgan fingerprint density at radius 2 is 1.96 bits per heavy atom. The fourth-order valence-electron chi connectivity index (χ4n) is 3.48. The molecule has 28 heavy (non-hydrogen) atoms. The first kappa shape index (κ1) is 18.7. The van der Waals surface area contributed by atoms with Crippen molar-refractivity contribution in [3.63, 3.8) is 0 Å². The second-order valence-electron chi connectivity index (χ2n) is 6.66. The van der Waals surface area contributed by atoms with Gasteiger partial charge >= 0.3 is 6.18 Å². The molecular weight excluding hydrogens is 391 g/mol. The third-order valence-electron chi connectivity index (χ3n) is 4.76. The maximum Gasteiger partial charge on any atom is 0.418 e. The van der Waals surface area contributed by atoms with Gasteiger partial charge in [-0.2, -0.15) is 13.2 Å². The number of carbonyl (C=O) groups excluding carboxylic acids is 1. The molecule has 0 aliphatic heterocycles. The minimum Gasteiger partial charge on any atom is -0.324 e. The van der Waals surface area contributed by atoms with E-state index in [9.17, 15) is 22.8 Å². The number of aryl methyl sites for hydroxylation is 2. The molecule has 3 aromatic rings. The SMILES string of the molecule is O=C(Cn1cnc2sc3c(c2c1=O)CCCC3)Nc1ccccc1C(F)(F)F. The maximum absolute atomic E-state index is 13.1. The van der Waals surface area contributed by atoms with Crippen molar-refractivity contribution in [2.75, 3.05) is 5.32 Å². The van der Waals surface area contributed by atoms with Crippen LogP contribution in [0, 0.1) is 0 Å². The van der Waals surface area contributed by atoms with Crippen LogP contribution in [-0.2, 0) is 30.4 Å². The Bertz CT molecular complexity index is 1120. The van der Waals surface area contributed by atoms with Crippen molar-refractivity contribution < 1.29 is 18.0 Å². The monoisotopic (exact) mass is 407 g/mol. The number of carbonyl (C=O) groups is 1. The molecule has 0 saturated heterocycles. The lowest BCUT2D eigenvalue weighted by Crippen LogP contribution is -2.28. The largest absolute Gasteiger partial charge is 0.418 e. The van der Waals surface area contributed by atoms with E-state index in [0.717, 1.165) is 46.8 Å². The highest BCUT2D eigenvalue weighted by Gasteiger charge is 2.33. The number of para-hydroxylation sites is 1. The Labute approximate surface area is 161 Å². The molecule has 0 bridgehead atoms. The molecule has 1 N–H and O–H groups in total. The molecule has 0 atom stereocenters. The molecule has 0 radical (unpaired) electrons. The van der Waals surface area contributed by atoms with E-state index in [1.54, 1.807) is 0 Å². The average Bonchev–Trinajstić information content (AvgIpc) is 3.03. The molecule has 1 aliphatic rings. The number of nitrogens with zero attached hydrogens (tertiary/aromatic N) is 2. The first-order valence-electron chi connectivity index (χ1n) is 8.80. The van der Waals surface area contributed by atoms with Gasteiger partial charge < -0.3 is 5.32 Å². The number of hydrogen-bond acceptors (Lipinski definition) is 4. The average molecular weight is 407 g/mol. The summed E-state index contributed by atoms with van der Waals surface area (Å²) in [6, 6.07) is 4.73. The van der Waals surface area contributed by atoms with Gasteiger partial charge in [0.25, 0.3) is 5.56 Å². The lowest BCUT2D eigenvalue weighted by Gasteiger charge is -2.14. The number of nitrogens with one attached hydrogen (secondary N) is 1. The van der Waals surface area contributed by atoms with Crippen molar-refractivity contribution in [3.8, 4) is 0 Å². The van der Waals surface area contributed by atoms with Crippen LogP contribution in [0.1, 0.15) is 28.8 Å². The molecule has 146 valence electrons. The van der Waals surface area contributed by atoms with Crippen molar-refractivity contribution >= 4 is 33.1 Å². The topological polar surface area (TPSA) is 64.0 Å². The van der Waals surface area contributed by atoms with Gasteiger partial charge in [-0.1, -0.05) is 12.1 Å². The van der Waals surface area contributed by atoms with Crippen LogP contribution in [0.15, 0.2) is 35.4 Å². The third kappa shape index (κ3) is 3.42. The summed E-state index contributed by atoms with van der Waals surface area (Å²) in [7, 11) is 0. The highest BCUT2D eigenvalue weighted by molar-refractivity contribution is 7.18. The zero-order valence-corrected chi connectivity index (χ0v) is 15.5. The minimum atomic E-state index is -4.59. The van der Waals surface area contributed by atoms with Crippen LogP contribution < -0.4 is 10.9 Å². The number of hydrogen-bond donors (Lipinski definition) is 1. The van der Waals surface area contributed by atoms with Gasteiger partial charge in [-0.25, -0.2) is 4.98 Å². The second-order valence-corrected chi connectivity index (χ2v) is 7.74. The van der Waals surface area contributed by atoms with Crippen LogP contribution in [0.25, 0.3) is 10.2 Å². The maximum atomic E-state index is 13.1. The number of aromatic nitrogens is 2. The Hall–Kier alpha value is -2.68. The van der Waals surface area contributed by atoms with Crippen LogP contribution in [0.2, 0.25) is 0 Å². The summed E-state index contributed by atoms with van der Waals surface area (Å²) < 4.78 is 40.4. The lowest BCUT2D eigenvalue weighted by molar-refractivity contribution is -0.137. The Morgan fingerprint density at radius 3 is 2.75 bits per heavy atom. The third-order valence-corrected chi connectivity index (χ3v) is 5.96. The van der Waals surface area contributed by atoms with Crippen LogP contribution in [0.3, 0.4) is 0 Å². The molecule has 1 aromatic carbocycles. The molecule has 0 saturated carbocycles. The van der Waals surface area contributed by atoms with Gasteiger partial charge in [-0.05, 0) is 43.4 Å². The van der Waals surface area contributed by atoms with Gasteiger partial charge in [-0.15, -0.1) is 11.3 Å². The number of fused-ring (bicyclic) bond motifs is 3. The molecule has 4 rings (SSSR count). The van der Waals surface area contributed by atoms with E-state index in [0.29, 0.717) is 10.2 Å². The predicted octanol–water partition coefficient (Wildman–Crippen LogP) is 3.99. The molecule has 0 unspecified atom stereocenters. The van der Waals surface area contributed by atoms with Gasteiger partial charge in [0.05, 0.1) is 23.0 Å². The minimum absolute atomic E-state index is 0.330. The Kier molecular flexibility index (Phi) is 4.70. The first-order chi connectivity index (χ1) is 13.3. The molecule has 9 heteroatoms. The summed E-state index contributed by atoms with van der Waals surface area (Å²) in [5.41, 5.74) is -0.601. The summed E-state index contributed by atoms with van der Waals surface area (Å²) in [5, 5.41) is 2.79. The fraction of sp³-hybridized carbons (Fsp3) is 0.316. The van der Waals surface area contributed by atoms with E-state index in [1.807, 2.05) is 0 Å². The fourth-order valence-corrected chi connectivity index (χ4v) is 4.70. The molecule has 5 nitrogen and oxygen atoms in total. The number of amides is 1. The van der Waals surface area contributed by atoms with Gasteiger partial charge in [0, 0.05) is 4.88 Å². The number of halogens is 3. The molecule has 0 spiro atoms. The lowest BCUT2D eigenvalue weighted by atomic mass is 9.97. The molecule has 1 amide bonds. The molecule has 2 heterocycles. The van der Waals surface area contributed by atoms with Crippen LogP contribution in [0.5, 0.6) is 0 Å². The number of rotatable bonds is 3. The van der Waals surface area contributed by atoms with Crippen molar-refractivity contribution in [2.24, 2.45) is 0 Å². The molecule has 2 aromatic heterocycles. The summed E-state index contributed by atoms with van der Waals surface area (Å²) in [5.74, 6) is -0.718. The normalized spacial score (nSPS) is 14.1. The summed E-state index contributed by atoms with van der Waals surface area (Å²) in [4.78, 5) is 31.3. The van der Waals surface area contributed by atoms with Gasteiger partial charge in [0.15, 0.2) is 0 Å².